The van der Waals surface area contributed by atoms with Gasteiger partial charge in [0.15, 0.2) is 0 Å². The lowest BCUT2D eigenvalue weighted by molar-refractivity contribution is 0.170. The van der Waals surface area contributed by atoms with Gasteiger partial charge in [-0.25, -0.2) is 0 Å². The average Bonchev–Trinajstić information content (AvgIpc) is 3.21. The number of aryl methyl sites for hydroxylation is 1. The molecule has 2 heteroatoms. The molecule has 106 valence electrons. The van der Waals surface area contributed by atoms with E-state index in [1.807, 2.05) is 0 Å². The predicted molar refractivity (Wildman–Crippen MR) is 82.2 cm³/mol. The highest BCUT2D eigenvalue weighted by Crippen LogP contribution is 2.34. The van der Waals surface area contributed by atoms with Crippen LogP contribution in [0.25, 0.3) is 0 Å². The fourth-order valence-electron chi connectivity index (χ4n) is 2.88. The minimum atomic E-state index is 0.223. The number of nitrogens with two attached hydrogens (primary N) is 1. The van der Waals surface area contributed by atoms with E-state index >= 15 is 0 Å². The van der Waals surface area contributed by atoms with Crippen LogP contribution in [0.15, 0.2) is 24.3 Å². The molecule has 1 aromatic carbocycles. The van der Waals surface area contributed by atoms with E-state index < -0.39 is 0 Å². The fourth-order valence-corrected chi connectivity index (χ4v) is 2.88. The number of nitrogens with zero attached hydrogens (tertiary/aromatic N) is 1. The molecular formula is C17H28N2. The minimum absolute atomic E-state index is 0.223. The van der Waals surface area contributed by atoms with Crippen LogP contribution in [0.4, 0.5) is 0 Å². The van der Waals surface area contributed by atoms with Crippen molar-refractivity contribution in [3.8, 4) is 0 Å². The van der Waals surface area contributed by atoms with E-state index in [1.165, 1.54) is 30.5 Å². The molecule has 0 aromatic heterocycles. The second-order valence-corrected chi connectivity index (χ2v) is 5.96. The summed E-state index contributed by atoms with van der Waals surface area (Å²) in [6, 6.07) is 9.45. The summed E-state index contributed by atoms with van der Waals surface area (Å²) in [5, 5.41) is 0. The standard InChI is InChI=1S/C17H28N2/c1-4-16(18)17(15-8-6-7-13(3)11-15)19(5-2)12-14-9-10-14/h6-8,11,14,16-17H,4-5,9-10,12,18H2,1-3H3. The number of hydrogen-bond donors (Lipinski definition) is 1. The molecule has 1 saturated carbocycles. The van der Waals surface area contributed by atoms with Crippen LogP contribution in [0.5, 0.6) is 0 Å². The van der Waals surface area contributed by atoms with Crippen LogP contribution >= 0.6 is 0 Å². The molecule has 1 aliphatic rings. The maximum absolute atomic E-state index is 6.43. The Balaban J connectivity index is 2.22. The topological polar surface area (TPSA) is 29.3 Å². The molecule has 0 amide bonds. The highest BCUT2D eigenvalue weighted by atomic mass is 15.2. The molecule has 0 radical (unpaired) electrons. The Morgan fingerprint density at radius 1 is 1.32 bits per heavy atom. The van der Waals surface area contributed by atoms with Crippen LogP contribution in [0.2, 0.25) is 0 Å². The maximum Gasteiger partial charge on any atom is 0.0499 e. The monoisotopic (exact) mass is 260 g/mol. The van der Waals surface area contributed by atoms with E-state index in [9.17, 15) is 0 Å². The molecular weight excluding hydrogens is 232 g/mol. The van der Waals surface area contributed by atoms with E-state index in [-0.39, 0.29) is 6.04 Å². The van der Waals surface area contributed by atoms with Gasteiger partial charge in [-0.15, -0.1) is 0 Å². The normalized spacial score (nSPS) is 18.6. The van der Waals surface area contributed by atoms with Crippen molar-refractivity contribution in [2.45, 2.75) is 52.1 Å². The number of likely N-dealkylation sites (N-methyl/N-ethyl adjacent to an activating group) is 1. The van der Waals surface area contributed by atoms with Gasteiger partial charge in [0.2, 0.25) is 0 Å². The Hall–Kier alpha value is -0.860. The number of benzene rings is 1. The zero-order chi connectivity index (χ0) is 13.8. The smallest absolute Gasteiger partial charge is 0.0499 e. The van der Waals surface area contributed by atoms with Crippen LogP contribution < -0.4 is 5.73 Å². The first kappa shape index (κ1) is 14.5. The summed E-state index contributed by atoms with van der Waals surface area (Å²) in [6.07, 6.45) is 3.83. The van der Waals surface area contributed by atoms with Gasteiger partial charge in [0.05, 0.1) is 0 Å². The van der Waals surface area contributed by atoms with Gasteiger partial charge in [0.25, 0.3) is 0 Å². The number of hydrogen-bond acceptors (Lipinski definition) is 2. The maximum atomic E-state index is 6.43. The van der Waals surface area contributed by atoms with Gasteiger partial charge in [-0.2, -0.15) is 0 Å². The molecule has 1 aliphatic carbocycles. The van der Waals surface area contributed by atoms with Crippen molar-refractivity contribution in [3.05, 3.63) is 35.4 Å². The van der Waals surface area contributed by atoms with Crippen molar-refractivity contribution in [3.63, 3.8) is 0 Å². The lowest BCUT2D eigenvalue weighted by Gasteiger charge is -2.35. The van der Waals surface area contributed by atoms with Gasteiger partial charge in [-0.05, 0) is 44.2 Å². The van der Waals surface area contributed by atoms with Gasteiger partial charge in [-0.1, -0.05) is 43.7 Å². The van der Waals surface area contributed by atoms with Gasteiger partial charge in [0.1, 0.15) is 0 Å². The number of rotatable bonds is 7. The fraction of sp³-hybridized carbons (Fsp3) is 0.647. The van der Waals surface area contributed by atoms with Crippen LogP contribution in [-0.4, -0.2) is 24.0 Å². The quantitative estimate of drug-likeness (QED) is 0.813. The molecule has 2 unspecified atom stereocenters. The third-order valence-corrected chi connectivity index (χ3v) is 4.25. The predicted octanol–water partition coefficient (Wildman–Crippen LogP) is 3.51. The van der Waals surface area contributed by atoms with Crippen LogP contribution in [0.1, 0.15) is 50.3 Å². The first-order valence-electron chi connectivity index (χ1n) is 7.71. The zero-order valence-corrected chi connectivity index (χ0v) is 12.6. The summed E-state index contributed by atoms with van der Waals surface area (Å²) in [5.74, 6) is 0.913. The van der Waals surface area contributed by atoms with E-state index in [1.54, 1.807) is 0 Å². The summed E-state index contributed by atoms with van der Waals surface area (Å²) < 4.78 is 0. The molecule has 0 saturated heterocycles. The zero-order valence-electron chi connectivity index (χ0n) is 12.6. The average molecular weight is 260 g/mol. The van der Waals surface area contributed by atoms with Crippen molar-refractivity contribution in [1.82, 2.24) is 4.90 Å². The van der Waals surface area contributed by atoms with Gasteiger partial charge in [0, 0.05) is 18.6 Å². The first-order chi connectivity index (χ1) is 9.15. The molecule has 19 heavy (non-hydrogen) atoms. The largest absolute Gasteiger partial charge is 0.326 e. The van der Waals surface area contributed by atoms with Gasteiger partial charge in [-0.3, -0.25) is 4.90 Å². The molecule has 2 N–H and O–H groups in total. The molecule has 1 aromatic rings. The lowest BCUT2D eigenvalue weighted by atomic mass is 9.95. The van der Waals surface area contributed by atoms with Crippen molar-refractivity contribution in [2.75, 3.05) is 13.1 Å². The summed E-state index contributed by atoms with van der Waals surface area (Å²) in [4.78, 5) is 2.58. The molecule has 2 atom stereocenters. The summed E-state index contributed by atoms with van der Waals surface area (Å²) in [5.41, 5.74) is 9.14. The van der Waals surface area contributed by atoms with Crippen molar-refractivity contribution < 1.29 is 0 Å². The second-order valence-electron chi connectivity index (χ2n) is 5.96. The Morgan fingerprint density at radius 2 is 2.05 bits per heavy atom. The molecule has 0 spiro atoms. The summed E-state index contributed by atoms with van der Waals surface area (Å²) in [6.45, 7) is 8.91. The lowest BCUT2D eigenvalue weighted by Crippen LogP contribution is -2.41. The molecule has 2 rings (SSSR count). The van der Waals surface area contributed by atoms with E-state index in [2.05, 4.69) is 49.9 Å². The van der Waals surface area contributed by atoms with E-state index in [0.717, 1.165) is 18.9 Å². The molecule has 0 bridgehead atoms. The Bertz CT molecular complexity index is 398. The van der Waals surface area contributed by atoms with Crippen LogP contribution in [0.3, 0.4) is 0 Å². The van der Waals surface area contributed by atoms with E-state index in [4.69, 9.17) is 5.73 Å². The van der Waals surface area contributed by atoms with Crippen molar-refractivity contribution in [2.24, 2.45) is 11.7 Å². The molecule has 0 aliphatic heterocycles. The van der Waals surface area contributed by atoms with Crippen molar-refractivity contribution >= 4 is 0 Å². The SMILES string of the molecule is CCC(N)C(c1cccc(C)c1)N(CC)CC1CC1. The third kappa shape index (κ3) is 3.80. The Labute approximate surface area is 118 Å². The summed E-state index contributed by atoms with van der Waals surface area (Å²) in [7, 11) is 0. The van der Waals surface area contributed by atoms with Crippen LogP contribution in [-0.2, 0) is 0 Å². The van der Waals surface area contributed by atoms with E-state index in [0.29, 0.717) is 6.04 Å². The molecule has 2 nitrogen and oxygen atoms in total. The minimum Gasteiger partial charge on any atom is -0.326 e. The van der Waals surface area contributed by atoms with Gasteiger partial charge < -0.3 is 5.73 Å². The van der Waals surface area contributed by atoms with Gasteiger partial charge >= 0.3 is 0 Å². The third-order valence-electron chi connectivity index (χ3n) is 4.25. The highest BCUT2D eigenvalue weighted by molar-refractivity contribution is 5.26. The van der Waals surface area contributed by atoms with Crippen molar-refractivity contribution in [1.29, 1.82) is 0 Å². The Morgan fingerprint density at radius 3 is 2.58 bits per heavy atom. The van der Waals surface area contributed by atoms with Crippen LogP contribution in [0, 0.1) is 12.8 Å². The molecule has 0 heterocycles. The Kier molecular flexibility index (Phi) is 5.00. The molecule has 1 fully saturated rings. The second kappa shape index (κ2) is 6.53. The summed E-state index contributed by atoms with van der Waals surface area (Å²) >= 11 is 0. The first-order valence-corrected chi connectivity index (χ1v) is 7.71. The highest BCUT2D eigenvalue weighted by Gasteiger charge is 2.30.